The molecule has 0 atom stereocenters. The number of nitrogens with zero attached hydrogens (tertiary/aromatic N) is 2. The predicted octanol–water partition coefficient (Wildman–Crippen LogP) is 2.79. The van der Waals surface area contributed by atoms with Gasteiger partial charge in [-0.2, -0.15) is 0 Å². The van der Waals surface area contributed by atoms with Crippen molar-refractivity contribution in [1.82, 2.24) is 9.55 Å². The summed E-state index contributed by atoms with van der Waals surface area (Å²) in [5.74, 6) is 0.338. The van der Waals surface area contributed by atoms with Crippen LogP contribution in [0.5, 0.6) is 0 Å². The molecular weight excluding hydrogens is 294 g/mol. The van der Waals surface area contributed by atoms with Crippen LogP contribution in [0.3, 0.4) is 0 Å². The highest BCUT2D eigenvalue weighted by Crippen LogP contribution is 2.24. The standard InChI is InChI=1S/C13H14BrN3O/c1-3-17-5-4-16-13(17)12(18)10-6-9(14)7-11(15)8(10)2/h4-7H,3,15H2,1-2H3. The van der Waals surface area contributed by atoms with E-state index in [1.807, 2.05) is 18.4 Å². The molecule has 1 aromatic heterocycles. The van der Waals surface area contributed by atoms with E-state index in [-0.39, 0.29) is 5.78 Å². The lowest BCUT2D eigenvalue weighted by atomic mass is 10.0. The number of imidazole rings is 1. The topological polar surface area (TPSA) is 60.9 Å². The Labute approximate surface area is 114 Å². The van der Waals surface area contributed by atoms with E-state index in [2.05, 4.69) is 20.9 Å². The lowest BCUT2D eigenvalue weighted by Gasteiger charge is -2.09. The van der Waals surface area contributed by atoms with Crippen molar-refractivity contribution in [2.24, 2.45) is 0 Å². The summed E-state index contributed by atoms with van der Waals surface area (Å²) >= 11 is 3.35. The molecule has 2 N–H and O–H groups in total. The Morgan fingerprint density at radius 2 is 2.22 bits per heavy atom. The maximum atomic E-state index is 12.5. The van der Waals surface area contributed by atoms with Gasteiger partial charge in [-0.25, -0.2) is 4.98 Å². The summed E-state index contributed by atoms with van der Waals surface area (Å²) in [7, 11) is 0. The Hall–Kier alpha value is -1.62. The second-order valence-electron chi connectivity index (χ2n) is 4.03. The van der Waals surface area contributed by atoms with E-state index in [9.17, 15) is 4.79 Å². The van der Waals surface area contributed by atoms with E-state index in [0.717, 1.165) is 10.0 Å². The second kappa shape index (κ2) is 4.94. The van der Waals surface area contributed by atoms with Crippen LogP contribution in [-0.4, -0.2) is 15.3 Å². The molecule has 0 aliphatic heterocycles. The molecule has 18 heavy (non-hydrogen) atoms. The van der Waals surface area contributed by atoms with Crippen LogP contribution in [0.15, 0.2) is 29.0 Å². The molecule has 0 saturated heterocycles. The number of benzene rings is 1. The number of carbonyl (C=O) groups is 1. The zero-order valence-corrected chi connectivity index (χ0v) is 11.9. The SMILES string of the molecule is CCn1ccnc1C(=O)c1cc(Br)cc(N)c1C. The maximum Gasteiger partial charge on any atom is 0.228 e. The molecular formula is C13H14BrN3O. The zero-order chi connectivity index (χ0) is 13.3. The number of hydrogen-bond acceptors (Lipinski definition) is 3. The minimum Gasteiger partial charge on any atom is -0.398 e. The first-order valence-corrected chi connectivity index (χ1v) is 6.45. The van der Waals surface area contributed by atoms with Crippen LogP contribution < -0.4 is 5.73 Å². The van der Waals surface area contributed by atoms with Crippen LogP contribution in [0.1, 0.15) is 28.7 Å². The van der Waals surface area contributed by atoms with E-state index >= 15 is 0 Å². The lowest BCUT2D eigenvalue weighted by molar-refractivity contribution is 0.102. The molecule has 0 amide bonds. The van der Waals surface area contributed by atoms with Crippen LogP contribution in [0.25, 0.3) is 0 Å². The Morgan fingerprint density at radius 1 is 1.50 bits per heavy atom. The van der Waals surface area contributed by atoms with E-state index in [1.54, 1.807) is 24.5 Å². The molecule has 0 fully saturated rings. The predicted molar refractivity (Wildman–Crippen MR) is 74.6 cm³/mol. The van der Waals surface area contributed by atoms with Gasteiger partial charge in [0.05, 0.1) is 0 Å². The van der Waals surface area contributed by atoms with Crippen molar-refractivity contribution >= 4 is 27.4 Å². The van der Waals surface area contributed by atoms with E-state index < -0.39 is 0 Å². The largest absolute Gasteiger partial charge is 0.398 e. The number of halogens is 1. The van der Waals surface area contributed by atoms with Crippen LogP contribution in [0.4, 0.5) is 5.69 Å². The molecule has 0 saturated carbocycles. The highest BCUT2D eigenvalue weighted by molar-refractivity contribution is 9.10. The minimum absolute atomic E-state index is 0.104. The molecule has 2 aromatic rings. The molecule has 5 heteroatoms. The van der Waals surface area contributed by atoms with Gasteiger partial charge in [0.15, 0.2) is 5.82 Å². The summed E-state index contributed by atoms with van der Waals surface area (Å²) in [5, 5.41) is 0. The van der Waals surface area contributed by atoms with Gasteiger partial charge in [0.2, 0.25) is 5.78 Å². The van der Waals surface area contributed by atoms with Crippen LogP contribution in [-0.2, 0) is 6.54 Å². The third-order valence-electron chi connectivity index (χ3n) is 2.92. The van der Waals surface area contributed by atoms with Crippen molar-refractivity contribution in [3.63, 3.8) is 0 Å². The van der Waals surface area contributed by atoms with Gasteiger partial charge in [-0.05, 0) is 31.5 Å². The smallest absolute Gasteiger partial charge is 0.228 e. The van der Waals surface area contributed by atoms with Gasteiger partial charge in [0, 0.05) is 34.7 Å². The van der Waals surface area contributed by atoms with Crippen molar-refractivity contribution < 1.29 is 4.79 Å². The molecule has 0 radical (unpaired) electrons. The maximum absolute atomic E-state index is 12.5. The van der Waals surface area contributed by atoms with Crippen LogP contribution >= 0.6 is 15.9 Å². The Morgan fingerprint density at radius 3 is 2.89 bits per heavy atom. The fourth-order valence-electron chi connectivity index (χ4n) is 1.83. The number of nitrogen functional groups attached to an aromatic ring is 1. The van der Waals surface area contributed by atoms with Crippen molar-refractivity contribution in [2.45, 2.75) is 20.4 Å². The number of nitrogens with two attached hydrogens (primary N) is 1. The summed E-state index contributed by atoms with van der Waals surface area (Å²) in [6.45, 7) is 4.53. The van der Waals surface area contributed by atoms with E-state index in [4.69, 9.17) is 5.73 Å². The van der Waals surface area contributed by atoms with Crippen molar-refractivity contribution in [2.75, 3.05) is 5.73 Å². The summed E-state index contributed by atoms with van der Waals surface area (Å²) in [6, 6.07) is 3.57. The molecule has 4 nitrogen and oxygen atoms in total. The molecule has 0 unspecified atom stereocenters. The Kier molecular flexibility index (Phi) is 3.52. The zero-order valence-electron chi connectivity index (χ0n) is 10.3. The molecule has 1 heterocycles. The normalized spacial score (nSPS) is 10.6. The van der Waals surface area contributed by atoms with Gasteiger partial charge in [-0.1, -0.05) is 15.9 Å². The molecule has 0 bridgehead atoms. The van der Waals surface area contributed by atoms with Gasteiger partial charge >= 0.3 is 0 Å². The molecule has 0 spiro atoms. The number of aromatic nitrogens is 2. The van der Waals surface area contributed by atoms with Crippen molar-refractivity contribution in [3.05, 3.63) is 46.0 Å². The molecule has 2 rings (SSSR count). The summed E-state index contributed by atoms with van der Waals surface area (Å²) in [6.07, 6.45) is 3.43. The van der Waals surface area contributed by atoms with Gasteiger partial charge in [0.1, 0.15) is 0 Å². The van der Waals surface area contributed by atoms with Crippen molar-refractivity contribution in [3.8, 4) is 0 Å². The highest BCUT2D eigenvalue weighted by Gasteiger charge is 2.18. The summed E-state index contributed by atoms with van der Waals surface area (Å²) < 4.78 is 2.61. The van der Waals surface area contributed by atoms with Gasteiger partial charge in [0.25, 0.3) is 0 Å². The van der Waals surface area contributed by atoms with E-state index in [1.165, 1.54) is 0 Å². The van der Waals surface area contributed by atoms with Gasteiger partial charge in [-0.15, -0.1) is 0 Å². The average Bonchev–Trinajstić information content (AvgIpc) is 2.81. The second-order valence-corrected chi connectivity index (χ2v) is 4.95. The Balaban J connectivity index is 2.53. The summed E-state index contributed by atoms with van der Waals surface area (Å²) in [4.78, 5) is 16.6. The molecule has 0 aliphatic carbocycles. The van der Waals surface area contributed by atoms with Crippen LogP contribution in [0.2, 0.25) is 0 Å². The number of ketones is 1. The quantitative estimate of drug-likeness (QED) is 0.700. The van der Waals surface area contributed by atoms with Gasteiger partial charge in [-0.3, -0.25) is 4.79 Å². The number of aryl methyl sites for hydroxylation is 1. The number of anilines is 1. The number of carbonyl (C=O) groups excluding carboxylic acids is 1. The first-order valence-electron chi connectivity index (χ1n) is 5.66. The third kappa shape index (κ3) is 2.18. The monoisotopic (exact) mass is 307 g/mol. The first-order chi connectivity index (χ1) is 8.54. The fourth-order valence-corrected chi connectivity index (χ4v) is 2.31. The minimum atomic E-state index is -0.104. The third-order valence-corrected chi connectivity index (χ3v) is 3.37. The van der Waals surface area contributed by atoms with Crippen LogP contribution in [0, 0.1) is 6.92 Å². The molecule has 94 valence electrons. The first kappa shape index (κ1) is 12.8. The highest BCUT2D eigenvalue weighted by atomic mass is 79.9. The molecule has 0 aliphatic rings. The lowest BCUT2D eigenvalue weighted by Crippen LogP contribution is -2.12. The summed E-state index contributed by atoms with van der Waals surface area (Å²) in [5.41, 5.74) is 7.85. The fraction of sp³-hybridized carbons (Fsp3) is 0.231. The van der Waals surface area contributed by atoms with E-state index in [0.29, 0.717) is 23.6 Å². The average molecular weight is 308 g/mol. The van der Waals surface area contributed by atoms with Crippen molar-refractivity contribution in [1.29, 1.82) is 0 Å². The Bertz CT molecular complexity index is 604. The molecule has 1 aromatic carbocycles. The van der Waals surface area contributed by atoms with Gasteiger partial charge < -0.3 is 10.3 Å². The number of rotatable bonds is 3. The number of hydrogen-bond donors (Lipinski definition) is 1.